The highest BCUT2D eigenvalue weighted by Gasteiger charge is 2.34. The van der Waals surface area contributed by atoms with Gasteiger partial charge < -0.3 is 19.7 Å². The smallest absolute Gasteiger partial charge is 0.353 e. The summed E-state index contributed by atoms with van der Waals surface area (Å²) >= 11 is 0. The van der Waals surface area contributed by atoms with Crippen LogP contribution in [0.25, 0.3) is 5.82 Å². The molecule has 0 saturated carbocycles. The molecule has 0 atom stereocenters. The minimum atomic E-state index is -4.54. The quantitative estimate of drug-likeness (QED) is 0.684. The molecule has 1 fully saturated rings. The van der Waals surface area contributed by atoms with Crippen molar-refractivity contribution in [3.8, 4) is 5.82 Å². The fourth-order valence-corrected chi connectivity index (χ4v) is 3.49. The lowest BCUT2D eigenvalue weighted by Crippen LogP contribution is -2.50. The number of amides is 2. The normalized spacial score (nSPS) is 14.6. The van der Waals surface area contributed by atoms with E-state index in [1.807, 2.05) is 47.0 Å². The number of rotatable bonds is 3. The number of carbonyl (C=O) groups excluding carboxylic acids is 1. The van der Waals surface area contributed by atoms with Gasteiger partial charge in [0.05, 0.1) is 11.3 Å². The summed E-state index contributed by atoms with van der Waals surface area (Å²) in [5.74, 6) is 2.13. The fraction of sp³-hybridized carbons (Fsp3) is 0.286. The molecule has 31 heavy (non-hydrogen) atoms. The maximum Gasteiger partial charge on any atom is 0.418 e. The van der Waals surface area contributed by atoms with Crippen LogP contribution < -0.4 is 10.2 Å². The van der Waals surface area contributed by atoms with Crippen molar-refractivity contribution in [2.75, 3.05) is 36.4 Å². The summed E-state index contributed by atoms with van der Waals surface area (Å²) in [6.45, 7) is 3.56. The zero-order valence-corrected chi connectivity index (χ0v) is 16.8. The van der Waals surface area contributed by atoms with Gasteiger partial charge in [0.1, 0.15) is 17.5 Å². The van der Waals surface area contributed by atoms with Gasteiger partial charge in [0.15, 0.2) is 0 Å². The van der Waals surface area contributed by atoms with Crippen molar-refractivity contribution in [1.29, 1.82) is 0 Å². The minimum Gasteiger partial charge on any atom is -0.353 e. The highest BCUT2D eigenvalue weighted by molar-refractivity contribution is 5.90. The van der Waals surface area contributed by atoms with E-state index in [4.69, 9.17) is 0 Å². The Hall–Kier alpha value is -3.56. The number of alkyl halides is 3. The van der Waals surface area contributed by atoms with Crippen LogP contribution in [0.5, 0.6) is 0 Å². The third kappa shape index (κ3) is 4.62. The number of piperazine rings is 1. The van der Waals surface area contributed by atoms with Gasteiger partial charge in [-0.1, -0.05) is 12.1 Å². The number of halogens is 3. The molecule has 3 heterocycles. The molecule has 0 unspecified atom stereocenters. The number of hydrogen-bond acceptors (Lipinski definition) is 4. The number of benzene rings is 1. The molecule has 3 aromatic rings. The van der Waals surface area contributed by atoms with E-state index in [-0.39, 0.29) is 5.69 Å². The molecule has 7 nitrogen and oxygen atoms in total. The summed E-state index contributed by atoms with van der Waals surface area (Å²) in [6, 6.07) is 10.1. The first-order chi connectivity index (χ1) is 14.8. The second kappa shape index (κ2) is 8.29. The zero-order chi connectivity index (χ0) is 22.0. The molecule has 1 aromatic carbocycles. The van der Waals surface area contributed by atoms with Gasteiger partial charge in [-0.2, -0.15) is 13.2 Å². The highest BCUT2D eigenvalue weighted by atomic mass is 19.4. The van der Waals surface area contributed by atoms with E-state index in [2.05, 4.69) is 15.3 Å². The Morgan fingerprint density at radius 2 is 1.61 bits per heavy atom. The summed E-state index contributed by atoms with van der Waals surface area (Å²) in [5, 5.41) is 2.40. The second-order valence-electron chi connectivity index (χ2n) is 7.17. The largest absolute Gasteiger partial charge is 0.418 e. The van der Waals surface area contributed by atoms with Crippen LogP contribution in [0.2, 0.25) is 0 Å². The lowest BCUT2D eigenvalue weighted by Gasteiger charge is -2.35. The first kappa shape index (κ1) is 20.7. The van der Waals surface area contributed by atoms with E-state index >= 15 is 0 Å². The van der Waals surface area contributed by atoms with Crippen LogP contribution >= 0.6 is 0 Å². The molecule has 1 N–H and O–H groups in total. The van der Waals surface area contributed by atoms with Crippen LogP contribution in [0, 0.1) is 6.92 Å². The van der Waals surface area contributed by atoms with Crippen molar-refractivity contribution >= 4 is 17.5 Å². The van der Waals surface area contributed by atoms with Crippen molar-refractivity contribution in [3.05, 3.63) is 66.2 Å². The lowest BCUT2D eigenvalue weighted by molar-refractivity contribution is -0.136. The number of aromatic nitrogens is 3. The van der Waals surface area contributed by atoms with Gasteiger partial charge in [-0.05, 0) is 31.2 Å². The van der Waals surface area contributed by atoms with E-state index in [1.54, 1.807) is 0 Å². The van der Waals surface area contributed by atoms with Crippen LogP contribution in [0.4, 0.5) is 29.5 Å². The molecule has 1 aliphatic rings. The molecule has 2 amide bonds. The van der Waals surface area contributed by atoms with Crippen LogP contribution in [0.1, 0.15) is 11.4 Å². The summed E-state index contributed by atoms with van der Waals surface area (Å²) in [6.07, 6.45) is -0.746. The lowest BCUT2D eigenvalue weighted by atomic mass is 10.1. The van der Waals surface area contributed by atoms with E-state index in [0.29, 0.717) is 32.0 Å². The molecule has 0 radical (unpaired) electrons. The van der Waals surface area contributed by atoms with Gasteiger partial charge in [0.25, 0.3) is 0 Å². The standard InChI is InChI=1S/C21H21F3N6O/c1-15-25-18(28-8-4-5-9-28)14-19(26-15)29-10-12-30(13-11-29)20(31)27-17-7-3-2-6-16(17)21(22,23)24/h2-9,14H,10-13H2,1H3,(H,27,31). The first-order valence-electron chi connectivity index (χ1n) is 9.77. The van der Waals surface area contributed by atoms with Crippen molar-refractivity contribution in [2.24, 2.45) is 0 Å². The summed E-state index contributed by atoms with van der Waals surface area (Å²) in [5.41, 5.74) is -1.11. The monoisotopic (exact) mass is 430 g/mol. The number of nitrogens with zero attached hydrogens (tertiary/aromatic N) is 5. The predicted octanol–water partition coefficient (Wildman–Crippen LogP) is 3.95. The van der Waals surface area contributed by atoms with E-state index < -0.39 is 17.8 Å². The molecule has 1 aliphatic heterocycles. The number of urea groups is 1. The number of anilines is 2. The zero-order valence-electron chi connectivity index (χ0n) is 16.8. The minimum absolute atomic E-state index is 0.245. The Morgan fingerprint density at radius 3 is 2.29 bits per heavy atom. The number of nitrogens with one attached hydrogen (secondary N) is 1. The molecule has 1 saturated heterocycles. The Labute approximate surface area is 177 Å². The van der Waals surface area contributed by atoms with Crippen LogP contribution in [0.15, 0.2) is 54.9 Å². The van der Waals surface area contributed by atoms with Gasteiger partial charge in [0.2, 0.25) is 0 Å². The van der Waals surface area contributed by atoms with Crippen molar-refractivity contribution in [1.82, 2.24) is 19.4 Å². The molecule has 162 valence electrons. The van der Waals surface area contributed by atoms with E-state index in [0.717, 1.165) is 17.7 Å². The maximum absolute atomic E-state index is 13.2. The molecule has 0 spiro atoms. The van der Waals surface area contributed by atoms with Gasteiger partial charge in [-0.15, -0.1) is 0 Å². The van der Waals surface area contributed by atoms with Crippen molar-refractivity contribution in [3.63, 3.8) is 0 Å². The molecule has 0 aliphatic carbocycles. The molecule has 2 aromatic heterocycles. The molecule has 4 rings (SSSR count). The Balaban J connectivity index is 1.42. The second-order valence-corrected chi connectivity index (χ2v) is 7.17. The van der Waals surface area contributed by atoms with Crippen LogP contribution in [0.3, 0.4) is 0 Å². The summed E-state index contributed by atoms with van der Waals surface area (Å²) < 4.78 is 41.4. The van der Waals surface area contributed by atoms with Crippen molar-refractivity contribution in [2.45, 2.75) is 13.1 Å². The van der Waals surface area contributed by atoms with Gasteiger partial charge in [-0.25, -0.2) is 14.8 Å². The van der Waals surface area contributed by atoms with Gasteiger partial charge in [-0.3, -0.25) is 0 Å². The SMILES string of the molecule is Cc1nc(N2CCN(C(=O)Nc3ccccc3C(F)(F)F)CC2)cc(-n2cccc2)n1. The van der Waals surface area contributed by atoms with E-state index in [9.17, 15) is 18.0 Å². The number of carbonyl (C=O) groups is 1. The number of para-hydroxylation sites is 1. The molecular weight excluding hydrogens is 409 g/mol. The van der Waals surface area contributed by atoms with Gasteiger partial charge >= 0.3 is 12.2 Å². The van der Waals surface area contributed by atoms with Gasteiger partial charge in [0, 0.05) is 44.6 Å². The van der Waals surface area contributed by atoms with E-state index in [1.165, 1.54) is 23.1 Å². The fourth-order valence-electron chi connectivity index (χ4n) is 3.49. The Morgan fingerprint density at radius 1 is 0.968 bits per heavy atom. The molecule has 10 heteroatoms. The maximum atomic E-state index is 13.2. The van der Waals surface area contributed by atoms with Crippen molar-refractivity contribution < 1.29 is 18.0 Å². The first-order valence-corrected chi connectivity index (χ1v) is 9.77. The number of aryl methyl sites for hydroxylation is 1. The predicted molar refractivity (Wildman–Crippen MR) is 110 cm³/mol. The average Bonchev–Trinajstić information content (AvgIpc) is 3.28. The Kier molecular flexibility index (Phi) is 5.53. The third-order valence-corrected chi connectivity index (χ3v) is 5.04. The molecular formula is C21H21F3N6O. The average molecular weight is 430 g/mol. The third-order valence-electron chi connectivity index (χ3n) is 5.04. The molecule has 0 bridgehead atoms. The van der Waals surface area contributed by atoms with Crippen LogP contribution in [-0.2, 0) is 6.18 Å². The Bertz CT molecular complexity index is 1060. The highest BCUT2D eigenvalue weighted by Crippen LogP contribution is 2.34. The topological polar surface area (TPSA) is 66.3 Å². The number of hydrogen-bond donors (Lipinski definition) is 1. The summed E-state index contributed by atoms with van der Waals surface area (Å²) in [4.78, 5) is 25.0. The van der Waals surface area contributed by atoms with Crippen LogP contribution in [-0.4, -0.2) is 51.6 Å². The summed E-state index contributed by atoms with van der Waals surface area (Å²) in [7, 11) is 0.